The molecule has 0 aromatic heterocycles. The molecule has 0 heterocycles. The van der Waals surface area contributed by atoms with Crippen LogP contribution in [0.25, 0.3) is 10.8 Å². The first-order chi connectivity index (χ1) is 7.95. The number of sulfone groups is 1. The molecule has 17 heavy (non-hydrogen) atoms. The fourth-order valence-electron chi connectivity index (χ4n) is 1.72. The van der Waals surface area contributed by atoms with Crippen LogP contribution in [0.4, 0.5) is 5.69 Å². The summed E-state index contributed by atoms with van der Waals surface area (Å²) in [4.78, 5) is 0.154. The second-order valence-electron chi connectivity index (χ2n) is 3.67. The van der Waals surface area contributed by atoms with Crippen LogP contribution < -0.4 is 0 Å². The van der Waals surface area contributed by atoms with Crippen molar-refractivity contribution in [2.45, 2.75) is 4.90 Å². The van der Waals surface area contributed by atoms with Gasteiger partial charge in [-0.25, -0.2) is 13.9 Å². The van der Waals surface area contributed by atoms with Gasteiger partial charge in [0.2, 0.25) is 0 Å². The zero-order valence-electron chi connectivity index (χ0n) is 9.01. The number of nitrogens with one attached hydrogen (secondary N) is 1. The molecule has 0 atom stereocenters. The lowest BCUT2D eigenvalue weighted by molar-refractivity contribution is 0.482. The first-order valence-electron chi connectivity index (χ1n) is 4.77. The molecule has 0 amide bonds. The van der Waals surface area contributed by atoms with Gasteiger partial charge in [0.1, 0.15) is 5.69 Å². The molecule has 0 spiro atoms. The van der Waals surface area contributed by atoms with E-state index in [0.29, 0.717) is 10.8 Å². The largest absolute Gasteiger partial charge is 0.505 e. The van der Waals surface area contributed by atoms with Gasteiger partial charge in [0.25, 0.3) is 0 Å². The van der Waals surface area contributed by atoms with Gasteiger partial charge in [0.05, 0.1) is 4.90 Å². The lowest BCUT2D eigenvalue weighted by atomic mass is 10.1. The second-order valence-corrected chi connectivity index (χ2v) is 5.65. The number of phenolic OH excluding ortho intramolecular Hbond substituents is 1. The number of aromatic hydroxyl groups is 1. The van der Waals surface area contributed by atoms with Gasteiger partial charge in [-0.2, -0.15) is 5.11 Å². The van der Waals surface area contributed by atoms with Crippen LogP contribution in [0.5, 0.6) is 5.75 Å². The number of nitrogens with zero attached hydrogens (tertiary/aromatic N) is 1. The molecule has 2 rings (SSSR count). The summed E-state index contributed by atoms with van der Waals surface area (Å²) in [5, 5.41) is 13.8. The standard InChI is InChI=1S/C11H10N2O3S/c1-17(15,16)10-4-2-3-8-7(10)5-6-9(13-12)11(8)14/h2-6,12,14H,1H3. The third-order valence-corrected chi connectivity index (χ3v) is 3.65. The van der Waals surface area contributed by atoms with Gasteiger partial charge in [0.15, 0.2) is 15.6 Å². The minimum Gasteiger partial charge on any atom is -0.505 e. The molecule has 0 radical (unpaired) electrons. The summed E-state index contributed by atoms with van der Waals surface area (Å²) in [6.07, 6.45) is 1.11. The van der Waals surface area contributed by atoms with Crippen LogP contribution in [0.3, 0.4) is 0 Å². The number of phenols is 1. The molecule has 0 aliphatic carbocycles. The Morgan fingerprint density at radius 3 is 2.47 bits per heavy atom. The van der Waals surface area contributed by atoms with Crippen LogP contribution in [0, 0.1) is 5.53 Å². The molecule has 6 heteroatoms. The predicted octanol–water partition coefficient (Wildman–Crippen LogP) is 2.61. The van der Waals surface area contributed by atoms with Gasteiger partial charge in [0, 0.05) is 17.0 Å². The minimum absolute atomic E-state index is 0.114. The Morgan fingerprint density at radius 2 is 1.88 bits per heavy atom. The number of rotatable bonds is 2. The maximum absolute atomic E-state index is 11.6. The van der Waals surface area contributed by atoms with Crippen LogP contribution in [-0.2, 0) is 9.84 Å². The normalized spacial score (nSPS) is 11.6. The van der Waals surface area contributed by atoms with Crippen LogP contribution in [0.1, 0.15) is 0 Å². The molecular weight excluding hydrogens is 240 g/mol. The highest BCUT2D eigenvalue weighted by Gasteiger charge is 2.14. The molecule has 0 aliphatic heterocycles. The number of fused-ring (bicyclic) bond motifs is 1. The van der Waals surface area contributed by atoms with E-state index in [2.05, 4.69) is 5.11 Å². The van der Waals surface area contributed by atoms with Gasteiger partial charge < -0.3 is 5.11 Å². The van der Waals surface area contributed by atoms with Crippen molar-refractivity contribution >= 4 is 26.3 Å². The smallest absolute Gasteiger partial charge is 0.176 e. The van der Waals surface area contributed by atoms with Gasteiger partial charge in [-0.1, -0.05) is 18.2 Å². The van der Waals surface area contributed by atoms with E-state index in [-0.39, 0.29) is 16.3 Å². The molecule has 2 aromatic carbocycles. The molecule has 0 aliphatic rings. The Labute approximate surface area is 98.1 Å². The summed E-state index contributed by atoms with van der Waals surface area (Å²) in [7, 11) is -3.35. The van der Waals surface area contributed by atoms with Crippen molar-refractivity contribution in [3.8, 4) is 5.75 Å². The average Bonchev–Trinajstić information content (AvgIpc) is 2.28. The third-order valence-electron chi connectivity index (χ3n) is 2.49. The molecular formula is C11H10N2O3S. The molecule has 0 fully saturated rings. The lowest BCUT2D eigenvalue weighted by Gasteiger charge is -2.07. The predicted molar refractivity (Wildman–Crippen MR) is 63.5 cm³/mol. The van der Waals surface area contributed by atoms with E-state index >= 15 is 0 Å². The van der Waals surface area contributed by atoms with Gasteiger partial charge in [-0.3, -0.25) is 0 Å². The van der Waals surface area contributed by atoms with Crippen LogP contribution >= 0.6 is 0 Å². The number of hydrogen-bond acceptors (Lipinski definition) is 5. The van der Waals surface area contributed by atoms with E-state index in [4.69, 9.17) is 5.53 Å². The molecule has 2 aromatic rings. The van der Waals surface area contributed by atoms with Gasteiger partial charge in [-0.15, -0.1) is 0 Å². The van der Waals surface area contributed by atoms with Crippen LogP contribution in [0.2, 0.25) is 0 Å². The highest BCUT2D eigenvalue weighted by molar-refractivity contribution is 7.91. The molecule has 0 unspecified atom stereocenters. The van der Waals surface area contributed by atoms with E-state index in [9.17, 15) is 13.5 Å². The van der Waals surface area contributed by atoms with Crippen molar-refractivity contribution in [1.82, 2.24) is 0 Å². The molecule has 0 bridgehead atoms. The monoisotopic (exact) mass is 250 g/mol. The molecule has 88 valence electrons. The van der Waals surface area contributed by atoms with Crippen LogP contribution in [-0.4, -0.2) is 19.8 Å². The first-order valence-corrected chi connectivity index (χ1v) is 6.66. The maximum Gasteiger partial charge on any atom is 0.176 e. The second kappa shape index (κ2) is 3.81. The Bertz CT molecular complexity index is 708. The Kier molecular flexibility index (Phi) is 2.59. The highest BCUT2D eigenvalue weighted by atomic mass is 32.2. The van der Waals surface area contributed by atoms with Crippen molar-refractivity contribution in [3.63, 3.8) is 0 Å². The number of benzene rings is 2. The molecule has 0 saturated heterocycles. The molecule has 0 saturated carbocycles. The maximum atomic E-state index is 11.6. The van der Waals surface area contributed by atoms with Crippen molar-refractivity contribution < 1.29 is 13.5 Å². The zero-order valence-corrected chi connectivity index (χ0v) is 9.82. The zero-order chi connectivity index (χ0) is 12.6. The fourth-order valence-corrected chi connectivity index (χ4v) is 2.62. The van der Waals surface area contributed by atoms with E-state index in [1.807, 2.05) is 0 Å². The fraction of sp³-hybridized carbons (Fsp3) is 0.0909. The van der Waals surface area contributed by atoms with Gasteiger partial charge >= 0.3 is 0 Å². The molecule has 2 N–H and O–H groups in total. The van der Waals surface area contributed by atoms with E-state index in [0.717, 1.165) is 6.26 Å². The topological polar surface area (TPSA) is 90.6 Å². The first kappa shape index (κ1) is 11.5. The Balaban J connectivity index is 2.94. The summed E-state index contributed by atoms with van der Waals surface area (Å²) in [5.74, 6) is -0.178. The average molecular weight is 250 g/mol. The SMILES string of the molecule is CS(=O)(=O)c1cccc2c(O)c(N=N)ccc12. The van der Waals surface area contributed by atoms with E-state index in [1.54, 1.807) is 18.2 Å². The number of hydrogen-bond donors (Lipinski definition) is 2. The molecule has 5 nitrogen and oxygen atoms in total. The summed E-state index contributed by atoms with van der Waals surface area (Å²) in [6, 6.07) is 7.58. The van der Waals surface area contributed by atoms with E-state index < -0.39 is 9.84 Å². The quantitative estimate of drug-likeness (QED) is 0.802. The lowest BCUT2D eigenvalue weighted by Crippen LogP contribution is -1.97. The summed E-state index contributed by atoms with van der Waals surface area (Å²) >= 11 is 0. The van der Waals surface area contributed by atoms with Crippen molar-refractivity contribution in [1.29, 1.82) is 5.53 Å². The Morgan fingerprint density at radius 1 is 1.18 bits per heavy atom. The summed E-state index contributed by atoms with van der Waals surface area (Å²) in [6.45, 7) is 0. The van der Waals surface area contributed by atoms with Crippen molar-refractivity contribution in [2.24, 2.45) is 5.11 Å². The summed E-state index contributed by atoms with van der Waals surface area (Å²) in [5.41, 5.74) is 7.00. The van der Waals surface area contributed by atoms with Crippen molar-refractivity contribution in [3.05, 3.63) is 30.3 Å². The highest BCUT2D eigenvalue weighted by Crippen LogP contribution is 2.36. The van der Waals surface area contributed by atoms with Gasteiger partial charge in [-0.05, 0) is 12.1 Å². The minimum atomic E-state index is -3.35. The summed E-state index contributed by atoms with van der Waals surface area (Å²) < 4.78 is 23.1. The van der Waals surface area contributed by atoms with Crippen LogP contribution in [0.15, 0.2) is 40.3 Å². The van der Waals surface area contributed by atoms with E-state index in [1.165, 1.54) is 12.1 Å². The third kappa shape index (κ3) is 1.87. The van der Waals surface area contributed by atoms with Crippen molar-refractivity contribution in [2.75, 3.05) is 6.26 Å². The Hall–Kier alpha value is -1.95.